The average molecular weight is 571 g/mol. The van der Waals surface area contributed by atoms with Crippen molar-refractivity contribution in [3.8, 4) is 6.01 Å². The number of rotatable bonds is 2. The fraction of sp³-hybridized carbons (Fsp3) is 0.414. The van der Waals surface area contributed by atoms with Crippen LogP contribution in [0.2, 0.25) is 0 Å². The number of nitrogens with zero attached hydrogens (tertiary/aromatic N) is 3. The Hall–Kier alpha value is -4.22. The summed E-state index contributed by atoms with van der Waals surface area (Å²) < 4.78 is 43.1. The zero-order valence-corrected chi connectivity index (χ0v) is 22.6. The smallest absolute Gasteiger partial charge is 0.422 e. The van der Waals surface area contributed by atoms with E-state index in [1.807, 2.05) is 36.4 Å². The molecule has 218 valence electrons. The Morgan fingerprint density at radius 2 is 1.24 bits per heavy atom. The molecule has 9 nitrogen and oxygen atoms in total. The highest BCUT2D eigenvalue weighted by Crippen LogP contribution is 2.20. The predicted molar refractivity (Wildman–Crippen MR) is 146 cm³/mol. The Bertz CT molecular complexity index is 1300. The Morgan fingerprint density at radius 3 is 1.83 bits per heavy atom. The minimum atomic E-state index is -4.54. The summed E-state index contributed by atoms with van der Waals surface area (Å²) in [6, 6.07) is 14.5. The molecule has 3 aromatic rings. The van der Waals surface area contributed by atoms with Gasteiger partial charge in [0.05, 0.1) is 0 Å². The minimum Gasteiger partial charge on any atom is -0.454 e. The highest BCUT2D eigenvalue weighted by atomic mass is 19.4. The molecule has 0 atom stereocenters. The third-order valence-electron chi connectivity index (χ3n) is 6.43. The second-order valence-corrected chi connectivity index (χ2v) is 9.87. The lowest BCUT2D eigenvalue weighted by atomic mass is 10.1. The first kappa shape index (κ1) is 29.8. The van der Waals surface area contributed by atoms with Gasteiger partial charge in [-0.2, -0.15) is 28.1 Å². The van der Waals surface area contributed by atoms with E-state index in [2.05, 4.69) is 30.9 Å². The quantitative estimate of drug-likeness (QED) is 0.400. The summed E-state index contributed by atoms with van der Waals surface area (Å²) in [5, 5.41) is 8.82. The number of carbonyl (C=O) groups is 2. The second kappa shape index (κ2) is 14.4. The summed E-state index contributed by atoms with van der Waals surface area (Å²) >= 11 is 0. The van der Waals surface area contributed by atoms with Gasteiger partial charge in [-0.1, -0.05) is 49.2 Å². The van der Waals surface area contributed by atoms with Crippen LogP contribution in [0.3, 0.4) is 0 Å². The van der Waals surface area contributed by atoms with Gasteiger partial charge in [-0.25, -0.2) is 0 Å². The van der Waals surface area contributed by atoms with E-state index in [9.17, 15) is 22.8 Å². The third-order valence-corrected chi connectivity index (χ3v) is 6.43. The van der Waals surface area contributed by atoms with Gasteiger partial charge >= 0.3 is 12.2 Å². The van der Waals surface area contributed by atoms with Crippen molar-refractivity contribution in [1.29, 1.82) is 0 Å². The molecule has 4 heterocycles. The number of amides is 2. The minimum absolute atomic E-state index is 0.0120. The van der Waals surface area contributed by atoms with Crippen LogP contribution in [-0.2, 0) is 35.5 Å². The van der Waals surface area contributed by atoms with Gasteiger partial charge in [0.2, 0.25) is 17.8 Å². The molecular weight excluding hydrogens is 537 g/mol. The van der Waals surface area contributed by atoms with E-state index in [4.69, 9.17) is 4.74 Å². The molecular formula is C29H33F3N6O3. The molecule has 41 heavy (non-hydrogen) atoms. The number of aromatic nitrogens is 3. The molecule has 6 rings (SSSR count). The molecule has 3 N–H and O–H groups in total. The van der Waals surface area contributed by atoms with Crippen LogP contribution in [0.5, 0.6) is 6.01 Å². The van der Waals surface area contributed by atoms with Gasteiger partial charge in [0.15, 0.2) is 6.61 Å². The topological polar surface area (TPSA) is 118 Å². The zero-order chi connectivity index (χ0) is 29.1. The van der Waals surface area contributed by atoms with Gasteiger partial charge in [0.25, 0.3) is 0 Å². The zero-order valence-electron chi connectivity index (χ0n) is 22.6. The summed E-state index contributed by atoms with van der Waals surface area (Å²) in [7, 11) is 0. The number of benzene rings is 2. The molecule has 0 saturated carbocycles. The highest BCUT2D eigenvalue weighted by Gasteiger charge is 2.29. The molecule has 0 aliphatic carbocycles. The van der Waals surface area contributed by atoms with Crippen LogP contribution in [0.15, 0.2) is 48.5 Å². The maximum absolute atomic E-state index is 12.8. The standard InChI is InChI=1S/C29H33F3N6O3/c30-29(31,32)19-41-28-37-24-16-13-20-7-9-21(10-8-20)17-33-25(39)5-3-1-2-4-6-26(40)34-18-22-11-14-23(15-12-22)35-27(36-24)38-28/h7-12,14-15H,1-6,13,16-19H2,(H,33,39)(H,34,40)(H,35,36,37,38). The first-order valence-electron chi connectivity index (χ1n) is 13.6. The lowest BCUT2D eigenvalue weighted by molar-refractivity contribution is -0.154. The van der Waals surface area contributed by atoms with Gasteiger partial charge in [-0.05, 0) is 48.1 Å². The molecule has 1 aromatic heterocycles. The molecule has 0 fully saturated rings. The number of nitrogens with one attached hydrogen (secondary N) is 3. The molecule has 0 unspecified atom stereocenters. The molecule has 0 spiro atoms. The number of carbonyl (C=O) groups excluding carboxylic acids is 2. The van der Waals surface area contributed by atoms with Gasteiger partial charge in [-0.3, -0.25) is 9.59 Å². The van der Waals surface area contributed by atoms with Crippen molar-refractivity contribution in [3.05, 3.63) is 71.0 Å². The monoisotopic (exact) mass is 570 g/mol. The molecule has 12 heteroatoms. The number of fused-ring (bicyclic) bond motifs is 2. The Kier molecular flexibility index (Phi) is 10.5. The van der Waals surface area contributed by atoms with E-state index in [0.717, 1.165) is 42.4 Å². The Balaban J connectivity index is 1.51. The summed E-state index contributed by atoms with van der Waals surface area (Å²) in [5.74, 6) is 0.279. The van der Waals surface area contributed by atoms with Crippen LogP contribution in [0.4, 0.5) is 24.8 Å². The number of anilines is 2. The van der Waals surface area contributed by atoms with Crippen LogP contribution in [-0.4, -0.2) is 39.5 Å². The maximum Gasteiger partial charge on any atom is 0.422 e. The fourth-order valence-corrected chi connectivity index (χ4v) is 4.19. The summed E-state index contributed by atoms with van der Waals surface area (Å²) in [6.45, 7) is -0.734. The van der Waals surface area contributed by atoms with Crippen molar-refractivity contribution in [2.45, 2.75) is 70.6 Å². The van der Waals surface area contributed by atoms with E-state index < -0.39 is 18.8 Å². The van der Waals surface area contributed by atoms with Crippen LogP contribution in [0.1, 0.15) is 61.0 Å². The van der Waals surface area contributed by atoms with Crippen molar-refractivity contribution < 1.29 is 27.5 Å². The van der Waals surface area contributed by atoms with Gasteiger partial charge in [0, 0.05) is 38.0 Å². The molecule has 2 amide bonds. The van der Waals surface area contributed by atoms with E-state index in [-0.39, 0.29) is 23.6 Å². The van der Waals surface area contributed by atoms with Crippen molar-refractivity contribution in [3.63, 3.8) is 0 Å². The van der Waals surface area contributed by atoms with Crippen molar-refractivity contribution in [2.75, 3.05) is 11.9 Å². The highest BCUT2D eigenvalue weighted by molar-refractivity contribution is 5.76. The van der Waals surface area contributed by atoms with Crippen LogP contribution in [0, 0.1) is 0 Å². The molecule has 2 aromatic carbocycles. The number of hydrogen-bond donors (Lipinski definition) is 3. The Labute approximate surface area is 236 Å². The summed E-state index contributed by atoms with van der Waals surface area (Å²) in [4.78, 5) is 36.9. The lowest BCUT2D eigenvalue weighted by Gasteiger charge is -2.12. The fourth-order valence-electron chi connectivity index (χ4n) is 4.19. The molecule has 0 saturated heterocycles. The maximum atomic E-state index is 12.8. The summed E-state index contributed by atoms with van der Waals surface area (Å²) in [5.41, 5.74) is 3.43. The van der Waals surface area contributed by atoms with Gasteiger partial charge in [0.1, 0.15) is 5.82 Å². The van der Waals surface area contributed by atoms with Crippen molar-refractivity contribution >= 4 is 23.5 Å². The number of alkyl halides is 3. The van der Waals surface area contributed by atoms with E-state index in [1.165, 1.54) is 0 Å². The van der Waals surface area contributed by atoms with Crippen molar-refractivity contribution in [2.24, 2.45) is 0 Å². The molecule has 6 bridgehead atoms. The molecule has 3 aliphatic heterocycles. The first-order chi connectivity index (χ1) is 19.7. The van der Waals surface area contributed by atoms with E-state index >= 15 is 0 Å². The largest absolute Gasteiger partial charge is 0.454 e. The Morgan fingerprint density at radius 1 is 0.683 bits per heavy atom. The SMILES string of the molecule is O=C1CCCCCCC(=O)NCc2ccc(cc2)Nc2nc(nc(OCC(F)(F)F)n2)CCc2ccc(cc2)CN1. The average Bonchev–Trinajstić information content (AvgIpc) is 2.95. The first-order valence-corrected chi connectivity index (χ1v) is 13.6. The van der Waals surface area contributed by atoms with Crippen LogP contribution >= 0.6 is 0 Å². The van der Waals surface area contributed by atoms with Crippen molar-refractivity contribution in [1.82, 2.24) is 25.6 Å². The lowest BCUT2D eigenvalue weighted by Crippen LogP contribution is -2.22. The van der Waals surface area contributed by atoms with Crippen LogP contribution in [0.25, 0.3) is 0 Å². The number of halogens is 3. The van der Waals surface area contributed by atoms with E-state index in [1.54, 1.807) is 12.1 Å². The summed E-state index contributed by atoms with van der Waals surface area (Å²) in [6.07, 6.45) is 0.498. The van der Waals surface area contributed by atoms with Gasteiger partial charge < -0.3 is 20.7 Å². The molecule has 0 radical (unpaired) electrons. The third kappa shape index (κ3) is 10.7. The number of ether oxygens (including phenoxy) is 1. The predicted octanol–water partition coefficient (Wildman–Crippen LogP) is 4.93. The number of hydrogen-bond acceptors (Lipinski definition) is 7. The number of aryl methyl sites for hydroxylation is 2. The second-order valence-electron chi connectivity index (χ2n) is 9.87. The normalized spacial score (nSPS) is 16.0. The van der Waals surface area contributed by atoms with Gasteiger partial charge in [-0.15, -0.1) is 0 Å². The molecule has 3 aliphatic rings. The van der Waals surface area contributed by atoms with Crippen LogP contribution < -0.4 is 20.7 Å². The van der Waals surface area contributed by atoms with E-state index in [0.29, 0.717) is 44.5 Å².